The second kappa shape index (κ2) is 8.36. The molecule has 0 heterocycles. The minimum absolute atomic E-state index is 0.0700. The summed E-state index contributed by atoms with van der Waals surface area (Å²) in [5.41, 5.74) is -0.0700. The fourth-order valence-electron chi connectivity index (χ4n) is 5.04. The highest BCUT2D eigenvalue weighted by atomic mass is 19.2. The zero-order valence-electron chi connectivity index (χ0n) is 15.7. The molecule has 152 valence electrons. The quantitative estimate of drug-likeness (QED) is 0.536. The summed E-state index contributed by atoms with van der Waals surface area (Å²) in [5.74, 6) is -5.28. The number of alkyl halides is 3. The molecule has 2 aliphatic carbocycles. The second-order valence-corrected chi connectivity index (χ2v) is 7.82. The summed E-state index contributed by atoms with van der Waals surface area (Å²) in [6, 6.07) is 2.63. The number of ether oxygens (including phenoxy) is 1. The van der Waals surface area contributed by atoms with Gasteiger partial charge in [0.2, 0.25) is 5.82 Å². The predicted molar refractivity (Wildman–Crippen MR) is 94.2 cm³/mol. The molecule has 2 aliphatic rings. The van der Waals surface area contributed by atoms with E-state index >= 15 is 0 Å². The van der Waals surface area contributed by atoms with E-state index in [1.807, 2.05) is 6.92 Å². The molecule has 2 fully saturated rings. The van der Waals surface area contributed by atoms with Crippen LogP contribution in [0.5, 0.6) is 5.75 Å². The summed E-state index contributed by atoms with van der Waals surface area (Å²) in [5, 5.41) is 0. The van der Waals surface area contributed by atoms with E-state index in [1.54, 1.807) is 6.92 Å². The summed E-state index contributed by atoms with van der Waals surface area (Å²) in [6.07, 6.45) is -2.74. The first-order chi connectivity index (χ1) is 12.9. The fraction of sp³-hybridized carbons (Fsp3) is 0.714. The Bertz CT molecular complexity index is 652. The van der Waals surface area contributed by atoms with Crippen LogP contribution in [-0.2, 0) is 0 Å². The van der Waals surface area contributed by atoms with Crippen LogP contribution in [0.2, 0.25) is 0 Å². The van der Waals surface area contributed by atoms with Crippen molar-refractivity contribution >= 4 is 0 Å². The molecule has 0 spiro atoms. The maximum atomic E-state index is 15.0. The molecule has 7 atom stereocenters. The van der Waals surface area contributed by atoms with Crippen LogP contribution in [-0.4, -0.2) is 25.1 Å². The maximum absolute atomic E-state index is 15.0. The molecule has 6 heteroatoms. The molecule has 1 nitrogen and oxygen atoms in total. The van der Waals surface area contributed by atoms with Gasteiger partial charge in [0.1, 0.15) is 18.5 Å². The van der Waals surface area contributed by atoms with E-state index in [2.05, 4.69) is 0 Å². The molecule has 1 aromatic rings. The van der Waals surface area contributed by atoms with Crippen LogP contribution in [0.4, 0.5) is 22.0 Å². The van der Waals surface area contributed by atoms with E-state index in [1.165, 1.54) is 12.1 Å². The van der Waals surface area contributed by atoms with E-state index in [0.29, 0.717) is 12.8 Å². The maximum Gasteiger partial charge on any atom is 0.200 e. The zero-order valence-corrected chi connectivity index (χ0v) is 15.7. The minimum Gasteiger partial charge on any atom is -0.491 e. The van der Waals surface area contributed by atoms with Gasteiger partial charge < -0.3 is 4.74 Å². The molecule has 7 unspecified atom stereocenters. The van der Waals surface area contributed by atoms with E-state index < -0.39 is 53.8 Å². The summed E-state index contributed by atoms with van der Waals surface area (Å²) in [4.78, 5) is 0. The first-order valence-corrected chi connectivity index (χ1v) is 9.93. The Labute approximate surface area is 157 Å². The molecule has 2 saturated carbocycles. The molecule has 0 radical (unpaired) electrons. The van der Waals surface area contributed by atoms with Crippen molar-refractivity contribution in [2.45, 2.75) is 70.4 Å². The van der Waals surface area contributed by atoms with E-state index in [9.17, 15) is 22.0 Å². The monoisotopic (exact) mass is 390 g/mol. The highest BCUT2D eigenvalue weighted by Gasteiger charge is 2.53. The topological polar surface area (TPSA) is 9.23 Å². The number of halogens is 5. The lowest BCUT2D eigenvalue weighted by Crippen LogP contribution is -2.23. The van der Waals surface area contributed by atoms with E-state index in [-0.39, 0.29) is 37.2 Å². The third-order valence-electron chi connectivity index (χ3n) is 6.33. The number of hydrogen-bond donors (Lipinski definition) is 0. The largest absolute Gasteiger partial charge is 0.491 e. The predicted octanol–water partition coefficient (Wildman–Crippen LogP) is 6.31. The normalized spacial score (nSPS) is 36.3. The Kier molecular flexibility index (Phi) is 6.32. The standard InChI is InChI=1S/C21H27F5O/c1-3-5-14-18(23)13-7-6-11(16(22)10-15(13)19(14)24)12-8-9-17(27-4-2)21(26)20(12)25/h8-9,11,13-16,18-19H,3-7,10H2,1-2H3. The first kappa shape index (κ1) is 20.4. The lowest BCUT2D eigenvalue weighted by molar-refractivity contribution is 0.140. The highest BCUT2D eigenvalue weighted by Crippen LogP contribution is 2.52. The average Bonchev–Trinajstić information content (AvgIpc) is 2.77. The van der Waals surface area contributed by atoms with Crippen LogP contribution in [0.3, 0.4) is 0 Å². The fourth-order valence-corrected chi connectivity index (χ4v) is 5.04. The lowest BCUT2D eigenvalue weighted by atomic mass is 9.87. The first-order valence-electron chi connectivity index (χ1n) is 9.93. The summed E-state index contributed by atoms with van der Waals surface area (Å²) >= 11 is 0. The van der Waals surface area contributed by atoms with Crippen LogP contribution in [0, 0.1) is 29.4 Å². The third-order valence-corrected chi connectivity index (χ3v) is 6.33. The summed E-state index contributed by atoms with van der Waals surface area (Å²) < 4.78 is 78.3. The van der Waals surface area contributed by atoms with Gasteiger partial charge in [-0.25, -0.2) is 17.6 Å². The minimum atomic E-state index is -1.53. The molecule has 0 amide bonds. The van der Waals surface area contributed by atoms with Crippen molar-refractivity contribution in [2.24, 2.45) is 17.8 Å². The van der Waals surface area contributed by atoms with Gasteiger partial charge in [-0.3, -0.25) is 0 Å². The second-order valence-electron chi connectivity index (χ2n) is 7.82. The molecule has 0 saturated heterocycles. The van der Waals surface area contributed by atoms with Crippen molar-refractivity contribution in [3.63, 3.8) is 0 Å². The smallest absolute Gasteiger partial charge is 0.200 e. The van der Waals surface area contributed by atoms with Gasteiger partial charge >= 0.3 is 0 Å². The SMILES string of the molecule is CCCC1C(F)C2CCC(c3ccc(OCC)c(F)c3F)C(F)CC2C1F. The van der Waals surface area contributed by atoms with E-state index in [0.717, 1.165) is 0 Å². The van der Waals surface area contributed by atoms with Gasteiger partial charge in [-0.05, 0) is 56.1 Å². The number of benzene rings is 1. The molecule has 0 N–H and O–H groups in total. The Hall–Kier alpha value is -1.33. The van der Waals surface area contributed by atoms with Crippen molar-refractivity contribution in [2.75, 3.05) is 6.61 Å². The molecular weight excluding hydrogens is 363 g/mol. The number of fused-ring (bicyclic) bond motifs is 1. The Balaban J connectivity index is 1.83. The van der Waals surface area contributed by atoms with Crippen molar-refractivity contribution in [3.05, 3.63) is 29.3 Å². The average molecular weight is 390 g/mol. The lowest BCUT2D eigenvalue weighted by Gasteiger charge is -2.23. The van der Waals surface area contributed by atoms with Gasteiger partial charge in [-0.1, -0.05) is 19.4 Å². The van der Waals surface area contributed by atoms with E-state index in [4.69, 9.17) is 4.74 Å². The molecule has 27 heavy (non-hydrogen) atoms. The Morgan fingerprint density at radius 2 is 1.67 bits per heavy atom. The summed E-state index contributed by atoms with van der Waals surface area (Å²) in [7, 11) is 0. The van der Waals surface area contributed by atoms with Crippen LogP contribution in [0.25, 0.3) is 0 Å². The van der Waals surface area contributed by atoms with Gasteiger partial charge in [0.15, 0.2) is 11.6 Å². The highest BCUT2D eigenvalue weighted by molar-refractivity contribution is 5.34. The molecule has 3 rings (SSSR count). The molecule has 0 aromatic heterocycles. The van der Waals surface area contributed by atoms with Gasteiger partial charge in [-0.2, -0.15) is 4.39 Å². The van der Waals surface area contributed by atoms with Gasteiger partial charge in [0, 0.05) is 11.8 Å². The molecular formula is C21H27F5O. The Morgan fingerprint density at radius 3 is 2.33 bits per heavy atom. The number of hydrogen-bond acceptors (Lipinski definition) is 1. The molecule has 0 aliphatic heterocycles. The zero-order chi connectivity index (χ0) is 19.7. The van der Waals surface area contributed by atoms with Crippen LogP contribution >= 0.6 is 0 Å². The van der Waals surface area contributed by atoms with Crippen molar-refractivity contribution in [1.29, 1.82) is 0 Å². The van der Waals surface area contributed by atoms with Gasteiger partial charge in [0.25, 0.3) is 0 Å². The van der Waals surface area contributed by atoms with Gasteiger partial charge in [-0.15, -0.1) is 0 Å². The van der Waals surface area contributed by atoms with Crippen molar-refractivity contribution < 1.29 is 26.7 Å². The third kappa shape index (κ3) is 3.68. The number of rotatable bonds is 5. The van der Waals surface area contributed by atoms with Crippen molar-refractivity contribution in [1.82, 2.24) is 0 Å². The summed E-state index contributed by atoms with van der Waals surface area (Å²) in [6.45, 7) is 3.72. The van der Waals surface area contributed by atoms with Crippen LogP contribution in [0.1, 0.15) is 57.4 Å². The van der Waals surface area contributed by atoms with Crippen LogP contribution < -0.4 is 4.74 Å². The molecule has 1 aromatic carbocycles. The molecule has 0 bridgehead atoms. The van der Waals surface area contributed by atoms with Crippen molar-refractivity contribution in [3.8, 4) is 5.75 Å². The Morgan fingerprint density at radius 1 is 0.963 bits per heavy atom. The van der Waals surface area contributed by atoms with Gasteiger partial charge in [0.05, 0.1) is 6.61 Å². The van der Waals surface area contributed by atoms with Crippen LogP contribution in [0.15, 0.2) is 12.1 Å².